The number of fused-ring (bicyclic) bond motifs is 3. The van der Waals surface area contributed by atoms with Crippen LogP contribution in [0.4, 0.5) is 0 Å². The third-order valence-electron chi connectivity index (χ3n) is 13.2. The van der Waals surface area contributed by atoms with Crippen molar-refractivity contribution in [2.75, 3.05) is 0 Å². The number of nitrogens with zero attached hydrogens (tertiary/aromatic N) is 4. The molecule has 0 aliphatic rings. The van der Waals surface area contributed by atoms with Crippen LogP contribution in [0.5, 0.6) is 11.5 Å². The molecular formula is C61H62N4OPt-2. The fourth-order valence-corrected chi connectivity index (χ4v) is 9.19. The molecule has 0 amide bonds. The minimum absolute atomic E-state index is 0. The Morgan fingerprint density at radius 2 is 1.25 bits per heavy atom. The average molecular weight is 1060 g/mol. The molecule has 3 heterocycles. The summed E-state index contributed by atoms with van der Waals surface area (Å²) in [6.07, 6.45) is 9.74. The maximum atomic E-state index is 6.95. The van der Waals surface area contributed by atoms with Crippen LogP contribution in [0.1, 0.15) is 128 Å². The van der Waals surface area contributed by atoms with Crippen LogP contribution < -0.4 is 9.30 Å². The van der Waals surface area contributed by atoms with Crippen LogP contribution >= 0.6 is 0 Å². The van der Waals surface area contributed by atoms with E-state index in [1.54, 1.807) is 0 Å². The van der Waals surface area contributed by atoms with Gasteiger partial charge in [0, 0.05) is 62.1 Å². The Kier molecular flexibility index (Phi) is 12.9. The van der Waals surface area contributed by atoms with Crippen molar-refractivity contribution >= 4 is 21.8 Å². The van der Waals surface area contributed by atoms with E-state index in [-0.39, 0.29) is 37.3 Å². The molecule has 0 unspecified atom stereocenters. The quantitative estimate of drug-likeness (QED) is 0.101. The van der Waals surface area contributed by atoms with E-state index >= 15 is 0 Å². The molecule has 0 bridgehead atoms. The standard InChI is InChI=1S/C61H62N4O.Pt/c1-40(2)51-22-18-23-52(41(3)4)58(51)42-31-47(63-29-30-64(39-63)48-34-45(59(5,6)7)33-46(35-48)60(8,9)10)37-50(32-42)66-49-25-26-54-53-21-16-17-24-55(53)65(56(54)38-49)57-36-44(27-28-62-57)61(11,12)43-19-14-13-15-20-43;/h13-36,40-41H,1-12H3;/q-2;. The smallest absolute Gasteiger partial charge is 0.267 e. The van der Waals surface area contributed by atoms with Crippen molar-refractivity contribution in [2.45, 2.75) is 111 Å². The number of benzene rings is 6. The van der Waals surface area contributed by atoms with Crippen LogP contribution in [0.15, 0.2) is 146 Å². The first-order valence-electron chi connectivity index (χ1n) is 23.4. The van der Waals surface area contributed by atoms with E-state index in [0.717, 1.165) is 44.6 Å². The minimum Gasteiger partial charge on any atom is -0.510 e. The second kappa shape index (κ2) is 18.2. The van der Waals surface area contributed by atoms with Gasteiger partial charge in [0.15, 0.2) is 0 Å². The van der Waals surface area contributed by atoms with E-state index < -0.39 is 0 Å². The summed E-state index contributed by atoms with van der Waals surface area (Å²) in [7, 11) is 0. The molecule has 3 aromatic heterocycles. The molecule has 0 N–H and O–H groups in total. The van der Waals surface area contributed by atoms with Gasteiger partial charge in [-0.15, -0.1) is 35.2 Å². The molecule has 344 valence electrons. The van der Waals surface area contributed by atoms with Gasteiger partial charge >= 0.3 is 0 Å². The molecule has 0 radical (unpaired) electrons. The minimum atomic E-state index is -0.236. The zero-order chi connectivity index (χ0) is 46.7. The van der Waals surface area contributed by atoms with Crippen LogP contribution in [0, 0.1) is 18.5 Å². The number of imidazole rings is 1. The molecule has 0 fully saturated rings. The normalized spacial score (nSPS) is 12.3. The van der Waals surface area contributed by atoms with Crippen molar-refractivity contribution in [1.29, 1.82) is 0 Å². The molecule has 0 atom stereocenters. The van der Waals surface area contributed by atoms with Crippen LogP contribution in [0.3, 0.4) is 0 Å². The van der Waals surface area contributed by atoms with Crippen molar-refractivity contribution in [3.8, 4) is 39.8 Å². The summed E-state index contributed by atoms with van der Waals surface area (Å²) < 4.78 is 13.3. The Hall–Kier alpha value is -6.03. The first kappa shape index (κ1) is 47.5. The number of para-hydroxylation sites is 1. The van der Waals surface area contributed by atoms with Crippen LogP contribution in [-0.2, 0) is 37.3 Å². The first-order valence-corrected chi connectivity index (χ1v) is 23.4. The molecule has 5 nitrogen and oxygen atoms in total. The Morgan fingerprint density at radius 3 is 1.91 bits per heavy atom. The predicted octanol–water partition coefficient (Wildman–Crippen LogP) is 15.3. The summed E-state index contributed by atoms with van der Waals surface area (Å²) in [6, 6.07) is 53.1. The number of hydrogen-bond donors (Lipinski definition) is 0. The van der Waals surface area contributed by atoms with Gasteiger partial charge in [-0.3, -0.25) is 4.57 Å². The number of hydrogen-bond acceptors (Lipinski definition) is 2. The topological polar surface area (TPSA) is 35.9 Å². The zero-order valence-electron chi connectivity index (χ0n) is 41.0. The van der Waals surface area contributed by atoms with Gasteiger partial charge < -0.3 is 13.9 Å². The summed E-state index contributed by atoms with van der Waals surface area (Å²) in [5.41, 5.74) is 13.5. The van der Waals surface area contributed by atoms with Crippen molar-refractivity contribution < 1.29 is 30.4 Å². The number of pyridine rings is 1. The van der Waals surface area contributed by atoms with E-state index in [0.29, 0.717) is 23.3 Å². The summed E-state index contributed by atoms with van der Waals surface area (Å²) in [5, 5.41) is 2.21. The van der Waals surface area contributed by atoms with Gasteiger partial charge in [0.2, 0.25) is 0 Å². The predicted molar refractivity (Wildman–Crippen MR) is 272 cm³/mol. The van der Waals surface area contributed by atoms with Gasteiger partial charge in [-0.05, 0) is 103 Å². The fourth-order valence-electron chi connectivity index (χ4n) is 9.19. The zero-order valence-corrected chi connectivity index (χ0v) is 43.3. The van der Waals surface area contributed by atoms with Gasteiger partial charge in [-0.1, -0.05) is 161 Å². The van der Waals surface area contributed by atoms with Gasteiger partial charge in [-0.2, -0.15) is 12.1 Å². The monoisotopic (exact) mass is 1060 g/mol. The first-order chi connectivity index (χ1) is 31.4. The van der Waals surface area contributed by atoms with Gasteiger partial charge in [0.1, 0.15) is 5.82 Å². The van der Waals surface area contributed by atoms with Crippen molar-refractivity contribution in [2.24, 2.45) is 0 Å². The maximum absolute atomic E-state index is 6.95. The number of ether oxygens (including phenoxy) is 1. The average Bonchev–Trinajstić information content (AvgIpc) is 3.92. The van der Waals surface area contributed by atoms with Crippen LogP contribution in [0.2, 0.25) is 0 Å². The number of aromatic nitrogens is 4. The van der Waals surface area contributed by atoms with Crippen molar-refractivity contribution in [1.82, 2.24) is 14.1 Å². The van der Waals surface area contributed by atoms with Crippen molar-refractivity contribution in [3.63, 3.8) is 0 Å². The summed E-state index contributed by atoms with van der Waals surface area (Å²) >= 11 is 0. The number of rotatable bonds is 10. The molecule has 0 aliphatic heterocycles. The Labute approximate surface area is 412 Å². The molecule has 0 saturated heterocycles. The largest absolute Gasteiger partial charge is 0.510 e. The molecule has 6 heteroatoms. The van der Waals surface area contributed by atoms with Crippen LogP contribution in [0.25, 0.3) is 50.1 Å². The molecule has 0 spiro atoms. The Balaban J connectivity index is 0.00000608. The third kappa shape index (κ3) is 9.33. The molecule has 6 aromatic carbocycles. The van der Waals surface area contributed by atoms with Gasteiger partial charge in [0.25, 0.3) is 6.33 Å². The van der Waals surface area contributed by atoms with Crippen molar-refractivity contribution in [3.05, 3.63) is 198 Å². The molecule has 9 rings (SSSR count). The van der Waals surface area contributed by atoms with E-state index in [2.05, 4.69) is 244 Å². The van der Waals surface area contributed by atoms with E-state index in [1.165, 1.54) is 38.9 Å². The third-order valence-corrected chi connectivity index (χ3v) is 13.2. The molecular weight excluding hydrogens is 1000 g/mol. The molecule has 67 heavy (non-hydrogen) atoms. The van der Waals surface area contributed by atoms with Crippen LogP contribution in [-0.4, -0.2) is 14.1 Å². The van der Waals surface area contributed by atoms with E-state index in [4.69, 9.17) is 9.72 Å². The SMILES string of the molecule is CC(C)c1cccc(C(C)C)c1-c1cc(Oc2[c-]c3c(cc2)c2ccccc2n3-c2cc(C(C)(C)c3ccccc3)ccn2)[c-]c(-n2[c-][n+](-c3cc(C(C)(C)C)cc(C(C)(C)C)c3)cc2)c1.[Pt]. The summed E-state index contributed by atoms with van der Waals surface area (Å²) in [6.45, 7) is 27.3. The van der Waals surface area contributed by atoms with E-state index in [1.807, 2.05) is 16.8 Å². The summed E-state index contributed by atoms with van der Waals surface area (Å²) in [4.78, 5) is 4.98. The van der Waals surface area contributed by atoms with Gasteiger partial charge in [0.05, 0.1) is 5.69 Å². The second-order valence-electron chi connectivity index (χ2n) is 21.1. The maximum Gasteiger partial charge on any atom is 0.267 e. The Morgan fingerprint density at radius 1 is 0.597 bits per heavy atom. The molecule has 9 aromatic rings. The molecule has 0 saturated carbocycles. The fraction of sp³-hybridized carbons (Fsp3) is 0.279. The molecule has 0 aliphatic carbocycles. The van der Waals surface area contributed by atoms with Gasteiger partial charge in [-0.25, -0.2) is 4.98 Å². The van der Waals surface area contributed by atoms with E-state index in [9.17, 15) is 0 Å². The Bertz CT molecular complexity index is 3170. The second-order valence-corrected chi connectivity index (χ2v) is 21.1. The summed E-state index contributed by atoms with van der Waals surface area (Å²) in [5.74, 6) is 2.64.